The SMILES string of the molecule is O=C(CC1CCN(C(=O)OCc2ccccc2)CC1)Nc1ccccc1C(=O)O. The predicted octanol–water partition coefficient (Wildman–Crippen LogP) is 3.76. The molecule has 1 saturated heterocycles. The third kappa shape index (κ3) is 5.81. The van der Waals surface area contributed by atoms with Crippen LogP contribution in [0.4, 0.5) is 10.5 Å². The Morgan fingerprint density at radius 1 is 1.00 bits per heavy atom. The van der Waals surface area contributed by atoms with Crippen LogP contribution in [0.15, 0.2) is 54.6 Å². The van der Waals surface area contributed by atoms with E-state index in [4.69, 9.17) is 4.74 Å². The summed E-state index contributed by atoms with van der Waals surface area (Å²) in [5.74, 6) is -1.16. The highest BCUT2D eigenvalue weighted by Gasteiger charge is 2.25. The number of likely N-dealkylation sites (tertiary alicyclic amines) is 1. The molecule has 0 bridgehead atoms. The van der Waals surface area contributed by atoms with E-state index in [2.05, 4.69) is 5.32 Å². The van der Waals surface area contributed by atoms with Gasteiger partial charge in [0, 0.05) is 19.5 Å². The molecule has 1 aliphatic heterocycles. The lowest BCUT2D eigenvalue weighted by atomic mass is 9.93. The van der Waals surface area contributed by atoms with E-state index >= 15 is 0 Å². The molecule has 1 aliphatic rings. The first-order chi connectivity index (χ1) is 14.0. The Bertz CT molecular complexity index is 861. The summed E-state index contributed by atoms with van der Waals surface area (Å²) >= 11 is 0. The van der Waals surface area contributed by atoms with Gasteiger partial charge in [-0.3, -0.25) is 4.79 Å². The fraction of sp³-hybridized carbons (Fsp3) is 0.318. The van der Waals surface area contributed by atoms with Gasteiger partial charge in [0.1, 0.15) is 6.61 Å². The second-order valence-corrected chi connectivity index (χ2v) is 7.07. The summed E-state index contributed by atoms with van der Waals surface area (Å²) in [5.41, 5.74) is 1.30. The molecule has 7 heteroatoms. The maximum atomic E-state index is 12.3. The van der Waals surface area contributed by atoms with Crippen molar-refractivity contribution in [2.75, 3.05) is 18.4 Å². The van der Waals surface area contributed by atoms with Crippen LogP contribution in [0.25, 0.3) is 0 Å². The highest BCUT2D eigenvalue weighted by molar-refractivity contribution is 6.00. The average Bonchev–Trinajstić information content (AvgIpc) is 2.73. The van der Waals surface area contributed by atoms with E-state index in [0.29, 0.717) is 38.0 Å². The number of carbonyl (C=O) groups is 3. The molecule has 1 fully saturated rings. The van der Waals surface area contributed by atoms with E-state index in [0.717, 1.165) is 5.56 Å². The van der Waals surface area contributed by atoms with Crippen LogP contribution in [-0.4, -0.2) is 41.1 Å². The number of benzene rings is 2. The molecule has 1 heterocycles. The van der Waals surface area contributed by atoms with Crippen LogP contribution >= 0.6 is 0 Å². The van der Waals surface area contributed by atoms with Crippen molar-refractivity contribution >= 4 is 23.7 Å². The van der Waals surface area contributed by atoms with Crippen molar-refractivity contribution in [1.82, 2.24) is 4.90 Å². The minimum absolute atomic E-state index is 0.0665. The molecule has 3 rings (SSSR count). The lowest BCUT2D eigenvalue weighted by Gasteiger charge is -2.31. The second kappa shape index (κ2) is 9.73. The van der Waals surface area contributed by atoms with Gasteiger partial charge in [-0.1, -0.05) is 42.5 Å². The number of aromatic carboxylic acids is 1. The number of hydrogen-bond donors (Lipinski definition) is 2. The minimum Gasteiger partial charge on any atom is -0.478 e. The molecule has 7 nitrogen and oxygen atoms in total. The monoisotopic (exact) mass is 396 g/mol. The van der Waals surface area contributed by atoms with Gasteiger partial charge in [-0.25, -0.2) is 9.59 Å². The number of rotatable bonds is 6. The molecule has 0 spiro atoms. The van der Waals surface area contributed by atoms with E-state index in [1.54, 1.807) is 23.1 Å². The molecule has 0 atom stereocenters. The molecule has 0 radical (unpaired) electrons. The molecular formula is C22H24N2O5. The van der Waals surface area contributed by atoms with Gasteiger partial charge in [-0.05, 0) is 36.5 Å². The van der Waals surface area contributed by atoms with Gasteiger partial charge in [0.25, 0.3) is 0 Å². The van der Waals surface area contributed by atoms with Crippen molar-refractivity contribution < 1.29 is 24.2 Å². The molecular weight excluding hydrogens is 372 g/mol. The fourth-order valence-corrected chi connectivity index (χ4v) is 3.37. The van der Waals surface area contributed by atoms with Crippen LogP contribution in [-0.2, 0) is 16.1 Å². The van der Waals surface area contributed by atoms with Gasteiger partial charge in [-0.15, -0.1) is 0 Å². The average molecular weight is 396 g/mol. The van der Waals surface area contributed by atoms with Crippen LogP contribution in [0.1, 0.15) is 35.2 Å². The van der Waals surface area contributed by atoms with Gasteiger partial charge in [0.2, 0.25) is 5.91 Å². The molecule has 29 heavy (non-hydrogen) atoms. The quantitative estimate of drug-likeness (QED) is 0.775. The number of nitrogens with one attached hydrogen (secondary N) is 1. The summed E-state index contributed by atoms with van der Waals surface area (Å²) in [7, 11) is 0. The number of anilines is 1. The minimum atomic E-state index is -1.08. The summed E-state index contributed by atoms with van der Waals surface area (Å²) in [5, 5.41) is 11.9. The van der Waals surface area contributed by atoms with Gasteiger partial charge < -0.3 is 20.1 Å². The standard InChI is InChI=1S/C22H24N2O5/c25-20(23-19-9-5-4-8-18(19)21(26)27)14-16-10-12-24(13-11-16)22(28)29-15-17-6-2-1-3-7-17/h1-9,16H,10-15H2,(H,23,25)(H,26,27). The molecule has 2 aromatic rings. The van der Waals surface area contributed by atoms with Crippen LogP contribution in [0, 0.1) is 5.92 Å². The number of carboxylic acids is 1. The summed E-state index contributed by atoms with van der Waals surface area (Å²) in [6.07, 6.45) is 1.36. The lowest BCUT2D eigenvalue weighted by molar-refractivity contribution is -0.117. The van der Waals surface area contributed by atoms with Crippen molar-refractivity contribution in [2.24, 2.45) is 5.92 Å². The maximum absolute atomic E-state index is 12.3. The highest BCUT2D eigenvalue weighted by atomic mass is 16.6. The Kier molecular flexibility index (Phi) is 6.84. The number of para-hydroxylation sites is 1. The van der Waals surface area contributed by atoms with E-state index in [1.807, 2.05) is 30.3 Å². The van der Waals surface area contributed by atoms with Gasteiger partial charge in [0.15, 0.2) is 0 Å². The largest absolute Gasteiger partial charge is 0.478 e. The molecule has 0 aliphatic carbocycles. The van der Waals surface area contributed by atoms with Crippen LogP contribution < -0.4 is 5.32 Å². The predicted molar refractivity (Wildman–Crippen MR) is 108 cm³/mol. The summed E-state index contributed by atoms with van der Waals surface area (Å²) in [6.45, 7) is 1.32. The third-order valence-corrected chi connectivity index (χ3v) is 4.98. The summed E-state index contributed by atoms with van der Waals surface area (Å²) in [6, 6.07) is 15.8. The van der Waals surface area contributed by atoms with Crippen molar-refractivity contribution in [3.8, 4) is 0 Å². The zero-order chi connectivity index (χ0) is 20.6. The first kappa shape index (κ1) is 20.4. The maximum Gasteiger partial charge on any atom is 0.410 e. The Balaban J connectivity index is 1.43. The summed E-state index contributed by atoms with van der Waals surface area (Å²) < 4.78 is 5.35. The fourth-order valence-electron chi connectivity index (χ4n) is 3.37. The Morgan fingerprint density at radius 3 is 2.34 bits per heavy atom. The topological polar surface area (TPSA) is 95.9 Å². The highest BCUT2D eigenvalue weighted by Crippen LogP contribution is 2.23. The van der Waals surface area contributed by atoms with Crippen molar-refractivity contribution in [1.29, 1.82) is 0 Å². The zero-order valence-electron chi connectivity index (χ0n) is 16.0. The van der Waals surface area contributed by atoms with E-state index < -0.39 is 5.97 Å². The van der Waals surface area contributed by atoms with Crippen LogP contribution in [0.2, 0.25) is 0 Å². The molecule has 152 valence electrons. The molecule has 2 N–H and O–H groups in total. The van der Waals surface area contributed by atoms with E-state index in [-0.39, 0.29) is 30.1 Å². The number of carboxylic acid groups (broad SMARTS) is 1. The summed E-state index contributed by atoms with van der Waals surface area (Å²) in [4.78, 5) is 37.4. The number of piperidine rings is 1. The third-order valence-electron chi connectivity index (χ3n) is 4.98. The Hall–Kier alpha value is -3.35. The first-order valence-electron chi connectivity index (χ1n) is 9.60. The number of carbonyl (C=O) groups excluding carboxylic acids is 2. The Morgan fingerprint density at radius 2 is 1.66 bits per heavy atom. The van der Waals surface area contributed by atoms with Crippen molar-refractivity contribution in [3.63, 3.8) is 0 Å². The molecule has 0 unspecified atom stereocenters. The zero-order valence-corrected chi connectivity index (χ0v) is 16.0. The van der Waals surface area contributed by atoms with E-state index in [1.165, 1.54) is 6.07 Å². The van der Waals surface area contributed by atoms with Gasteiger partial charge in [0.05, 0.1) is 11.3 Å². The number of amides is 2. The van der Waals surface area contributed by atoms with Crippen molar-refractivity contribution in [2.45, 2.75) is 25.9 Å². The number of ether oxygens (including phenoxy) is 1. The van der Waals surface area contributed by atoms with Gasteiger partial charge in [-0.2, -0.15) is 0 Å². The molecule has 2 aromatic carbocycles. The van der Waals surface area contributed by atoms with Crippen molar-refractivity contribution in [3.05, 3.63) is 65.7 Å². The Labute approximate surface area is 169 Å². The van der Waals surface area contributed by atoms with Crippen LogP contribution in [0.3, 0.4) is 0 Å². The molecule has 2 amide bonds. The van der Waals surface area contributed by atoms with Crippen LogP contribution in [0.5, 0.6) is 0 Å². The van der Waals surface area contributed by atoms with E-state index in [9.17, 15) is 19.5 Å². The molecule has 0 saturated carbocycles. The normalized spacial score (nSPS) is 14.3. The lowest BCUT2D eigenvalue weighted by Crippen LogP contribution is -2.39. The number of nitrogens with zero attached hydrogens (tertiary/aromatic N) is 1. The number of hydrogen-bond acceptors (Lipinski definition) is 4. The second-order valence-electron chi connectivity index (χ2n) is 7.07. The molecule has 0 aromatic heterocycles. The first-order valence-corrected chi connectivity index (χ1v) is 9.60. The van der Waals surface area contributed by atoms with Gasteiger partial charge >= 0.3 is 12.1 Å². The smallest absolute Gasteiger partial charge is 0.410 e.